The van der Waals surface area contributed by atoms with Gasteiger partial charge in [0.2, 0.25) is 0 Å². The summed E-state index contributed by atoms with van der Waals surface area (Å²) >= 11 is 0. The average molecular weight is 177 g/mol. The highest BCUT2D eigenvalue weighted by Gasteiger charge is 2.13. The number of hydrogen-bond donors (Lipinski definition) is 2. The normalized spacial score (nSPS) is 10.5. The summed E-state index contributed by atoms with van der Waals surface area (Å²) in [6.07, 6.45) is 3.28. The SMILES string of the molecule is C[n+]1ccnc2c(O)ccc(O)c21. The van der Waals surface area contributed by atoms with E-state index in [1.165, 1.54) is 12.1 Å². The van der Waals surface area contributed by atoms with Crippen LogP contribution >= 0.6 is 0 Å². The van der Waals surface area contributed by atoms with Gasteiger partial charge in [-0.25, -0.2) is 4.98 Å². The van der Waals surface area contributed by atoms with Gasteiger partial charge < -0.3 is 10.2 Å². The predicted octanol–water partition coefficient (Wildman–Crippen LogP) is 0.470. The zero-order valence-electron chi connectivity index (χ0n) is 7.10. The smallest absolute Gasteiger partial charge is 0.276 e. The van der Waals surface area contributed by atoms with Crippen LogP contribution < -0.4 is 4.57 Å². The molecule has 0 aliphatic rings. The highest BCUT2D eigenvalue weighted by Crippen LogP contribution is 2.26. The van der Waals surface area contributed by atoms with Crippen LogP contribution in [-0.4, -0.2) is 15.2 Å². The first-order valence-corrected chi connectivity index (χ1v) is 3.85. The number of benzene rings is 1. The van der Waals surface area contributed by atoms with E-state index in [0.29, 0.717) is 11.0 Å². The van der Waals surface area contributed by atoms with Gasteiger partial charge in [0.05, 0.1) is 6.20 Å². The summed E-state index contributed by atoms with van der Waals surface area (Å²) in [5, 5.41) is 18.9. The van der Waals surface area contributed by atoms with Crippen LogP contribution in [-0.2, 0) is 7.05 Å². The van der Waals surface area contributed by atoms with Crippen molar-refractivity contribution in [3.63, 3.8) is 0 Å². The van der Waals surface area contributed by atoms with Crippen molar-refractivity contribution in [1.82, 2.24) is 4.98 Å². The molecule has 0 radical (unpaired) electrons. The van der Waals surface area contributed by atoms with Gasteiger partial charge >= 0.3 is 0 Å². The maximum Gasteiger partial charge on any atom is 0.276 e. The van der Waals surface area contributed by atoms with Gasteiger partial charge in [-0.1, -0.05) is 0 Å². The minimum atomic E-state index is 0.0731. The molecule has 66 valence electrons. The molecule has 2 rings (SSSR count). The lowest BCUT2D eigenvalue weighted by molar-refractivity contribution is -0.645. The fraction of sp³-hybridized carbons (Fsp3) is 0.111. The van der Waals surface area contributed by atoms with Crippen molar-refractivity contribution in [2.45, 2.75) is 0 Å². The second-order valence-corrected chi connectivity index (χ2v) is 2.84. The van der Waals surface area contributed by atoms with E-state index in [1.807, 2.05) is 0 Å². The average Bonchev–Trinajstić information content (AvgIpc) is 2.12. The lowest BCUT2D eigenvalue weighted by Crippen LogP contribution is -2.28. The molecule has 0 saturated carbocycles. The summed E-state index contributed by atoms with van der Waals surface area (Å²) in [4.78, 5) is 3.97. The molecule has 0 fully saturated rings. The molecule has 1 aromatic carbocycles. The summed E-state index contributed by atoms with van der Waals surface area (Å²) in [5.41, 5.74) is 0.938. The Bertz CT molecular complexity index is 460. The minimum Gasteiger partial charge on any atom is -0.505 e. The van der Waals surface area contributed by atoms with E-state index < -0.39 is 0 Å². The zero-order valence-corrected chi connectivity index (χ0v) is 7.10. The molecule has 2 N–H and O–H groups in total. The topological polar surface area (TPSA) is 57.2 Å². The summed E-state index contributed by atoms with van der Waals surface area (Å²) < 4.78 is 1.71. The van der Waals surface area contributed by atoms with E-state index in [1.54, 1.807) is 24.0 Å². The number of nitrogens with zero attached hydrogens (tertiary/aromatic N) is 2. The number of fused-ring (bicyclic) bond motifs is 1. The van der Waals surface area contributed by atoms with Gasteiger partial charge in [0, 0.05) is 0 Å². The van der Waals surface area contributed by atoms with E-state index in [2.05, 4.69) is 4.98 Å². The van der Waals surface area contributed by atoms with Crippen LogP contribution in [0.1, 0.15) is 0 Å². The molecule has 0 aliphatic carbocycles. The monoisotopic (exact) mass is 177 g/mol. The molecule has 0 aliphatic heterocycles. The molecule has 4 nitrogen and oxygen atoms in total. The van der Waals surface area contributed by atoms with Crippen LogP contribution in [0.3, 0.4) is 0 Å². The maximum absolute atomic E-state index is 9.50. The van der Waals surface area contributed by atoms with Gasteiger partial charge in [-0.2, -0.15) is 4.57 Å². The van der Waals surface area contributed by atoms with Gasteiger partial charge in [-0.05, 0) is 12.1 Å². The standard InChI is InChI=1S/C9H8N2O2/c1-11-5-4-10-8-6(12)2-3-7(13)9(8)11/h2-5H,1H3,(H,10,13)/p+1. The Labute approximate surface area is 74.7 Å². The Morgan fingerprint density at radius 1 is 1.23 bits per heavy atom. The molecule has 0 saturated heterocycles. The van der Waals surface area contributed by atoms with Crippen LogP contribution in [0.4, 0.5) is 0 Å². The van der Waals surface area contributed by atoms with Crippen molar-refractivity contribution in [3.8, 4) is 11.5 Å². The quantitative estimate of drug-likeness (QED) is 0.454. The van der Waals surface area contributed by atoms with Crippen LogP contribution in [0.15, 0.2) is 24.5 Å². The number of rotatable bonds is 0. The highest BCUT2D eigenvalue weighted by molar-refractivity contribution is 5.82. The molecule has 0 bridgehead atoms. The predicted molar refractivity (Wildman–Crippen MR) is 46.2 cm³/mol. The minimum absolute atomic E-state index is 0.0731. The van der Waals surface area contributed by atoms with E-state index in [0.717, 1.165) is 0 Å². The zero-order chi connectivity index (χ0) is 9.42. The van der Waals surface area contributed by atoms with E-state index in [9.17, 15) is 10.2 Å². The second-order valence-electron chi connectivity index (χ2n) is 2.84. The van der Waals surface area contributed by atoms with Crippen LogP contribution in [0.5, 0.6) is 11.5 Å². The molecule has 0 atom stereocenters. The third-order valence-electron chi connectivity index (χ3n) is 1.96. The van der Waals surface area contributed by atoms with E-state index in [-0.39, 0.29) is 11.5 Å². The molecule has 4 heteroatoms. The van der Waals surface area contributed by atoms with Crippen molar-refractivity contribution in [2.75, 3.05) is 0 Å². The Hall–Kier alpha value is -1.84. The summed E-state index contributed by atoms with van der Waals surface area (Å²) in [6, 6.07) is 2.87. The van der Waals surface area contributed by atoms with Crippen molar-refractivity contribution in [3.05, 3.63) is 24.5 Å². The number of phenols is 2. The van der Waals surface area contributed by atoms with Crippen molar-refractivity contribution < 1.29 is 14.8 Å². The maximum atomic E-state index is 9.50. The lowest BCUT2D eigenvalue weighted by Gasteiger charge is -1.99. The van der Waals surface area contributed by atoms with E-state index in [4.69, 9.17) is 0 Å². The summed E-state index contributed by atoms with van der Waals surface area (Å²) in [6.45, 7) is 0. The highest BCUT2D eigenvalue weighted by atomic mass is 16.3. The first-order valence-electron chi connectivity index (χ1n) is 3.85. The molecule has 13 heavy (non-hydrogen) atoms. The van der Waals surface area contributed by atoms with Gasteiger partial charge in [-0.15, -0.1) is 0 Å². The largest absolute Gasteiger partial charge is 0.505 e. The summed E-state index contributed by atoms with van der Waals surface area (Å²) in [5.74, 6) is 0.187. The Morgan fingerprint density at radius 2 is 1.92 bits per heavy atom. The van der Waals surface area contributed by atoms with Crippen molar-refractivity contribution in [2.24, 2.45) is 7.05 Å². The lowest BCUT2D eigenvalue weighted by atomic mass is 10.2. The third-order valence-corrected chi connectivity index (χ3v) is 1.96. The van der Waals surface area contributed by atoms with E-state index >= 15 is 0 Å². The Morgan fingerprint density at radius 3 is 2.62 bits per heavy atom. The van der Waals surface area contributed by atoms with Crippen molar-refractivity contribution in [1.29, 1.82) is 0 Å². The molecule has 1 heterocycles. The van der Waals surface area contributed by atoms with Gasteiger partial charge in [-0.3, -0.25) is 0 Å². The van der Waals surface area contributed by atoms with Gasteiger partial charge in [0.25, 0.3) is 5.52 Å². The number of phenolic OH excluding ortho intramolecular Hbond substituents is 2. The Balaban J connectivity index is 3.00. The molecule has 0 unspecified atom stereocenters. The first-order chi connectivity index (χ1) is 6.20. The van der Waals surface area contributed by atoms with Crippen molar-refractivity contribution >= 4 is 11.0 Å². The van der Waals surface area contributed by atoms with Gasteiger partial charge in [0.15, 0.2) is 17.5 Å². The Kier molecular flexibility index (Phi) is 1.55. The molecular weight excluding hydrogens is 168 g/mol. The number of aromatic nitrogens is 2. The first kappa shape index (κ1) is 7.79. The fourth-order valence-corrected chi connectivity index (χ4v) is 1.32. The molecule has 0 amide bonds. The fourth-order valence-electron chi connectivity index (χ4n) is 1.32. The van der Waals surface area contributed by atoms with Gasteiger partial charge in [0.1, 0.15) is 12.8 Å². The third kappa shape index (κ3) is 1.07. The number of hydrogen-bond acceptors (Lipinski definition) is 3. The summed E-state index contributed by atoms with van der Waals surface area (Å²) in [7, 11) is 1.78. The van der Waals surface area contributed by atoms with Crippen LogP contribution in [0.25, 0.3) is 11.0 Å². The molecule has 0 spiro atoms. The molecular formula is C9H9N2O2+. The second kappa shape index (κ2) is 2.58. The number of aromatic hydroxyl groups is 2. The number of aryl methyl sites for hydroxylation is 1. The van der Waals surface area contributed by atoms with Crippen LogP contribution in [0, 0.1) is 0 Å². The molecule has 1 aromatic heterocycles. The van der Waals surface area contributed by atoms with Crippen LogP contribution in [0.2, 0.25) is 0 Å². The molecule has 2 aromatic rings.